The van der Waals surface area contributed by atoms with Gasteiger partial charge in [0.1, 0.15) is 0 Å². The summed E-state index contributed by atoms with van der Waals surface area (Å²) in [6.07, 6.45) is 10.0. The van der Waals surface area contributed by atoms with Crippen molar-refractivity contribution in [3.05, 3.63) is 67.0 Å². The fourth-order valence-corrected chi connectivity index (χ4v) is 1.52. The van der Waals surface area contributed by atoms with Crippen LogP contribution in [0.15, 0.2) is 18.2 Å². The fourth-order valence-electron chi connectivity index (χ4n) is 1.52. The van der Waals surface area contributed by atoms with Crippen LogP contribution in [-0.4, -0.2) is 0 Å². The van der Waals surface area contributed by atoms with Gasteiger partial charge in [-0.3, -0.25) is 0 Å². The molecule has 0 bridgehead atoms. The van der Waals surface area contributed by atoms with Gasteiger partial charge in [0.25, 0.3) is 0 Å². The van der Waals surface area contributed by atoms with Gasteiger partial charge in [-0.25, -0.2) is 0 Å². The van der Waals surface area contributed by atoms with Crippen molar-refractivity contribution in [2.75, 3.05) is 0 Å². The zero-order valence-electron chi connectivity index (χ0n) is 12.2. The van der Waals surface area contributed by atoms with Gasteiger partial charge in [0.05, 0.1) is 0 Å². The second-order valence-electron chi connectivity index (χ2n) is 4.59. The molecule has 2 rings (SSSR count). The van der Waals surface area contributed by atoms with Crippen LogP contribution in [0.25, 0.3) is 0 Å². The molecule has 127 valence electrons. The molecule has 0 heterocycles. The van der Waals surface area contributed by atoms with Crippen molar-refractivity contribution >= 4 is 7.81 Å². The van der Waals surface area contributed by atoms with E-state index in [1.165, 1.54) is 16.7 Å². The van der Waals surface area contributed by atoms with Gasteiger partial charge in [0.15, 0.2) is 0 Å². The van der Waals surface area contributed by atoms with Crippen molar-refractivity contribution in [3.8, 4) is 0 Å². The second-order valence-corrected chi connectivity index (χ2v) is 6.50. The molecule has 0 nitrogen and oxygen atoms in total. The number of hydrogen-bond donors (Lipinski definition) is 0. The van der Waals surface area contributed by atoms with E-state index < -0.39 is 7.81 Å². The molecule has 0 spiro atoms. The molecule has 1 saturated carbocycles. The van der Waals surface area contributed by atoms with Gasteiger partial charge in [0.2, 0.25) is 0 Å². The Bertz CT molecular complexity index is 382. The van der Waals surface area contributed by atoms with E-state index >= 15 is 0 Å². The van der Waals surface area contributed by atoms with Crippen LogP contribution in [0, 0.1) is 52.9 Å². The zero-order chi connectivity index (χ0) is 16.8. The van der Waals surface area contributed by atoms with E-state index in [4.69, 9.17) is 0 Å². The molecule has 0 N–H and O–H groups in total. The summed E-state index contributed by atoms with van der Waals surface area (Å²) in [6, 6.07) is 6.56. The van der Waals surface area contributed by atoms with Gasteiger partial charge in [-0.2, -0.15) is 0 Å². The van der Waals surface area contributed by atoms with E-state index in [1.807, 2.05) is 32.1 Å². The van der Waals surface area contributed by atoms with Crippen LogP contribution in [0.3, 0.4) is 0 Å². The average molecular weight is 386 g/mol. The van der Waals surface area contributed by atoms with Crippen molar-refractivity contribution in [1.82, 2.24) is 0 Å². The zero-order valence-corrected chi connectivity index (χ0v) is 14.2. The number of benzene rings is 1. The third-order valence-electron chi connectivity index (χ3n) is 1.92. The first-order valence-electron chi connectivity index (χ1n) is 5.91. The smallest absolute Gasteiger partial charge is 0.0312 e. The molecule has 0 saturated heterocycles. The molecular formula is C14H17F6FeP+. The molecule has 22 heavy (non-hydrogen) atoms. The first-order chi connectivity index (χ1) is 9.13. The van der Waals surface area contributed by atoms with Gasteiger partial charge in [-0.1, -0.05) is 34.9 Å². The van der Waals surface area contributed by atoms with Crippen molar-refractivity contribution < 1.29 is 42.3 Å². The number of rotatable bonds is 0. The summed E-state index contributed by atoms with van der Waals surface area (Å²) in [5.41, 5.74) is 4.06. The van der Waals surface area contributed by atoms with Crippen LogP contribution < -0.4 is 0 Å². The number of halogens is 6. The molecular weight excluding hydrogens is 369 g/mol. The standard InChI is InChI=1S/C9H12.C5H5.F6P.Fe/c1-7-4-8(2)6-9(3)5-7;1-2-4-5-3-1;1-7(2,3,4,5)6;/h4-6H,1-3H3;1-5H;;/q;;-1;+2. The molecule has 5 radical (unpaired) electrons. The number of hydrogen-bond acceptors (Lipinski definition) is 0. The molecule has 0 atom stereocenters. The number of aryl methyl sites for hydroxylation is 3. The molecule has 0 aromatic heterocycles. The SMILES string of the molecule is Cc1cc(C)cc(C)c1.F[P-](F)(F)(F)(F)F.[CH]1[CH][CH][CH][CH]1.[Fe+2]. The molecule has 1 fully saturated rings. The van der Waals surface area contributed by atoms with Crippen LogP contribution in [0.4, 0.5) is 25.2 Å². The van der Waals surface area contributed by atoms with Crippen LogP contribution >= 0.6 is 7.81 Å². The largest absolute Gasteiger partial charge is 2.00 e. The van der Waals surface area contributed by atoms with Crippen LogP contribution in [0.5, 0.6) is 0 Å². The van der Waals surface area contributed by atoms with E-state index in [0.717, 1.165) is 0 Å². The summed E-state index contributed by atoms with van der Waals surface area (Å²) in [5, 5.41) is 0. The Morgan fingerprint density at radius 3 is 0.818 bits per heavy atom. The topological polar surface area (TPSA) is 0 Å². The molecule has 0 amide bonds. The monoisotopic (exact) mass is 386 g/mol. The average Bonchev–Trinajstić information content (AvgIpc) is 2.65. The summed E-state index contributed by atoms with van der Waals surface area (Å²) in [7, 11) is -10.7. The summed E-state index contributed by atoms with van der Waals surface area (Å²) in [6.45, 7) is 6.38. The molecule has 1 aromatic rings. The molecule has 1 aromatic carbocycles. The van der Waals surface area contributed by atoms with E-state index in [9.17, 15) is 25.2 Å². The third kappa shape index (κ3) is 24.7. The molecule has 1 aliphatic carbocycles. The van der Waals surface area contributed by atoms with Crippen molar-refractivity contribution in [2.24, 2.45) is 0 Å². The van der Waals surface area contributed by atoms with Crippen LogP contribution in [-0.2, 0) is 17.1 Å². The summed E-state index contributed by atoms with van der Waals surface area (Å²) in [5.74, 6) is 0. The first-order valence-corrected chi connectivity index (χ1v) is 7.94. The predicted molar refractivity (Wildman–Crippen MR) is 75.7 cm³/mol. The predicted octanol–water partition coefficient (Wildman–Crippen LogP) is 7.01. The first kappa shape index (κ1) is 24.0. The Morgan fingerprint density at radius 2 is 0.682 bits per heavy atom. The minimum absolute atomic E-state index is 0. The molecule has 0 unspecified atom stereocenters. The van der Waals surface area contributed by atoms with Gasteiger partial charge in [0, 0.05) is 0 Å². The van der Waals surface area contributed by atoms with Gasteiger partial charge >= 0.3 is 50.1 Å². The summed E-state index contributed by atoms with van der Waals surface area (Å²) >= 11 is 0. The van der Waals surface area contributed by atoms with Crippen LogP contribution in [0.2, 0.25) is 0 Å². The maximum Gasteiger partial charge on any atom is 2.00 e. The fraction of sp³-hybridized carbons (Fsp3) is 0.214. The van der Waals surface area contributed by atoms with Crippen LogP contribution in [0.1, 0.15) is 16.7 Å². The van der Waals surface area contributed by atoms with E-state index in [2.05, 4.69) is 39.0 Å². The van der Waals surface area contributed by atoms with E-state index in [0.29, 0.717) is 0 Å². The minimum atomic E-state index is -10.7. The normalized spacial score (nSPS) is 16.8. The van der Waals surface area contributed by atoms with Crippen molar-refractivity contribution in [1.29, 1.82) is 0 Å². The third-order valence-corrected chi connectivity index (χ3v) is 1.92. The maximum absolute atomic E-state index is 10.7. The Hall–Kier alpha value is -0.251. The Kier molecular flexibility index (Phi) is 8.76. The Morgan fingerprint density at radius 1 is 0.545 bits per heavy atom. The quantitative estimate of drug-likeness (QED) is 0.256. The molecule has 1 aliphatic rings. The summed E-state index contributed by atoms with van der Waals surface area (Å²) in [4.78, 5) is 0. The van der Waals surface area contributed by atoms with Crippen molar-refractivity contribution in [3.63, 3.8) is 0 Å². The van der Waals surface area contributed by atoms with Gasteiger partial charge < -0.3 is 0 Å². The van der Waals surface area contributed by atoms with Gasteiger partial charge in [-0.05, 0) is 52.9 Å². The summed E-state index contributed by atoms with van der Waals surface area (Å²) < 4.78 is 59.2. The minimum Gasteiger partial charge on any atom is -0.0312 e. The van der Waals surface area contributed by atoms with Gasteiger partial charge in [-0.15, -0.1) is 0 Å². The Labute approximate surface area is 138 Å². The van der Waals surface area contributed by atoms with E-state index in [1.54, 1.807) is 0 Å². The Balaban J connectivity index is 0. The van der Waals surface area contributed by atoms with Crippen molar-refractivity contribution in [2.45, 2.75) is 20.8 Å². The second kappa shape index (κ2) is 8.03. The van der Waals surface area contributed by atoms with E-state index in [-0.39, 0.29) is 17.1 Å². The maximum atomic E-state index is 9.87. The molecule has 0 aliphatic heterocycles. The molecule has 8 heteroatoms.